The minimum atomic E-state index is -0.348. The van der Waals surface area contributed by atoms with Gasteiger partial charge in [-0.15, -0.1) is 0 Å². The monoisotopic (exact) mass is 223 g/mol. The van der Waals surface area contributed by atoms with Gasteiger partial charge in [-0.25, -0.2) is 0 Å². The Kier molecular flexibility index (Phi) is 5.24. The van der Waals surface area contributed by atoms with Crippen molar-refractivity contribution >= 4 is 0 Å². The highest BCUT2D eigenvalue weighted by molar-refractivity contribution is 5.02. The van der Waals surface area contributed by atoms with Crippen LogP contribution < -0.4 is 5.32 Å². The van der Waals surface area contributed by atoms with Gasteiger partial charge in [-0.2, -0.15) is 5.26 Å². The zero-order valence-electron chi connectivity index (χ0n) is 10.9. The second-order valence-electron chi connectivity index (χ2n) is 5.13. The fraction of sp³-hybridized carbons (Fsp3) is 0.923. The van der Waals surface area contributed by atoms with E-state index < -0.39 is 0 Å². The smallest absolute Gasteiger partial charge is 0.103 e. The Morgan fingerprint density at radius 2 is 2.19 bits per heavy atom. The maximum absolute atomic E-state index is 9.04. The van der Waals surface area contributed by atoms with Gasteiger partial charge in [0.05, 0.1) is 6.07 Å². The van der Waals surface area contributed by atoms with Crippen molar-refractivity contribution in [1.82, 2.24) is 10.2 Å². The van der Waals surface area contributed by atoms with Crippen molar-refractivity contribution in [3.05, 3.63) is 0 Å². The van der Waals surface area contributed by atoms with Gasteiger partial charge in [0, 0.05) is 6.54 Å². The number of hydrogen-bond donors (Lipinski definition) is 1. The molecule has 3 nitrogen and oxygen atoms in total. The molecule has 0 aliphatic heterocycles. The van der Waals surface area contributed by atoms with E-state index in [0.29, 0.717) is 0 Å². The first-order chi connectivity index (χ1) is 7.63. The van der Waals surface area contributed by atoms with Crippen molar-refractivity contribution in [1.29, 1.82) is 5.26 Å². The molecule has 1 aliphatic rings. The Balaban J connectivity index is 2.19. The summed E-state index contributed by atoms with van der Waals surface area (Å²) in [5.74, 6) is 0.964. The second-order valence-corrected chi connectivity index (χ2v) is 5.13. The lowest BCUT2D eigenvalue weighted by atomic mass is 9.98. The Morgan fingerprint density at radius 3 is 2.62 bits per heavy atom. The van der Waals surface area contributed by atoms with Crippen molar-refractivity contribution in [3.63, 3.8) is 0 Å². The fourth-order valence-electron chi connectivity index (χ4n) is 1.94. The molecule has 0 saturated heterocycles. The number of rotatable bonds is 8. The van der Waals surface area contributed by atoms with Crippen LogP contribution in [0.1, 0.15) is 39.5 Å². The molecule has 0 spiro atoms. The van der Waals surface area contributed by atoms with Gasteiger partial charge in [-0.1, -0.05) is 6.92 Å². The summed E-state index contributed by atoms with van der Waals surface area (Å²) in [5.41, 5.74) is -0.348. The van der Waals surface area contributed by atoms with Crippen molar-refractivity contribution in [2.75, 3.05) is 26.7 Å². The Bertz CT molecular complexity index is 242. The summed E-state index contributed by atoms with van der Waals surface area (Å²) in [6.45, 7) is 7.73. The zero-order valence-corrected chi connectivity index (χ0v) is 10.9. The summed E-state index contributed by atoms with van der Waals surface area (Å²) in [5, 5.41) is 12.1. The van der Waals surface area contributed by atoms with Crippen LogP contribution in [0.4, 0.5) is 0 Å². The van der Waals surface area contributed by atoms with E-state index in [4.69, 9.17) is 5.26 Å². The average molecular weight is 223 g/mol. The first kappa shape index (κ1) is 13.5. The number of hydrogen-bond acceptors (Lipinski definition) is 3. The summed E-state index contributed by atoms with van der Waals surface area (Å²) in [6, 6.07) is 2.34. The highest BCUT2D eigenvalue weighted by Gasteiger charge is 2.24. The molecule has 1 N–H and O–H groups in total. The van der Waals surface area contributed by atoms with Gasteiger partial charge in [-0.3, -0.25) is 0 Å². The molecule has 0 heterocycles. The number of nitriles is 1. The quantitative estimate of drug-likeness (QED) is 0.684. The van der Waals surface area contributed by atoms with E-state index in [1.807, 2.05) is 14.0 Å². The van der Waals surface area contributed by atoms with Crippen LogP contribution in [-0.2, 0) is 0 Å². The normalized spacial score (nSPS) is 19.4. The molecule has 92 valence electrons. The van der Waals surface area contributed by atoms with Crippen molar-refractivity contribution in [3.8, 4) is 6.07 Å². The van der Waals surface area contributed by atoms with Crippen LogP contribution in [0, 0.1) is 17.2 Å². The van der Waals surface area contributed by atoms with E-state index >= 15 is 0 Å². The molecule has 0 radical (unpaired) electrons. The predicted octanol–water partition coefficient (Wildman–Crippen LogP) is 2.00. The van der Waals surface area contributed by atoms with Crippen LogP contribution in [0.5, 0.6) is 0 Å². The third-order valence-corrected chi connectivity index (χ3v) is 3.61. The lowest BCUT2D eigenvalue weighted by Crippen LogP contribution is -2.39. The van der Waals surface area contributed by atoms with E-state index in [1.165, 1.54) is 19.4 Å². The second kappa shape index (κ2) is 6.22. The SMILES string of the molecule is CCN(CCCC(C)(C#N)NC)CC1CC1. The molecule has 1 fully saturated rings. The minimum absolute atomic E-state index is 0.348. The summed E-state index contributed by atoms with van der Waals surface area (Å²) < 4.78 is 0. The first-order valence-electron chi connectivity index (χ1n) is 6.46. The van der Waals surface area contributed by atoms with Crippen LogP contribution in [0.25, 0.3) is 0 Å². The third-order valence-electron chi connectivity index (χ3n) is 3.61. The Hall–Kier alpha value is -0.590. The standard InChI is InChI=1S/C13H25N3/c1-4-16(10-12-6-7-12)9-5-8-13(2,11-14)15-3/h12,15H,4-10H2,1-3H3. The van der Waals surface area contributed by atoms with Crippen LogP contribution in [0.3, 0.4) is 0 Å². The van der Waals surface area contributed by atoms with Gasteiger partial charge in [0.15, 0.2) is 0 Å². The molecule has 1 unspecified atom stereocenters. The average Bonchev–Trinajstić information content (AvgIpc) is 3.11. The summed E-state index contributed by atoms with van der Waals surface area (Å²) in [6.07, 6.45) is 4.87. The van der Waals surface area contributed by atoms with Crippen LogP contribution >= 0.6 is 0 Å². The van der Waals surface area contributed by atoms with Crippen LogP contribution in [-0.4, -0.2) is 37.1 Å². The van der Waals surface area contributed by atoms with Gasteiger partial charge in [0.2, 0.25) is 0 Å². The molecule has 0 aromatic rings. The van der Waals surface area contributed by atoms with E-state index in [-0.39, 0.29) is 5.54 Å². The van der Waals surface area contributed by atoms with E-state index in [1.54, 1.807) is 0 Å². The zero-order chi connectivity index (χ0) is 12.0. The third kappa shape index (κ3) is 4.51. The molecular weight excluding hydrogens is 198 g/mol. The summed E-state index contributed by atoms with van der Waals surface area (Å²) >= 11 is 0. The first-order valence-corrected chi connectivity index (χ1v) is 6.46. The van der Waals surface area contributed by atoms with E-state index in [9.17, 15) is 0 Å². The van der Waals surface area contributed by atoms with E-state index in [2.05, 4.69) is 23.2 Å². The number of nitrogens with zero attached hydrogens (tertiary/aromatic N) is 2. The molecule has 0 aromatic carbocycles. The highest BCUT2D eigenvalue weighted by atomic mass is 15.1. The topological polar surface area (TPSA) is 39.1 Å². The van der Waals surface area contributed by atoms with Gasteiger partial charge in [-0.05, 0) is 58.7 Å². The molecule has 1 aliphatic carbocycles. The highest BCUT2D eigenvalue weighted by Crippen LogP contribution is 2.29. The molecule has 16 heavy (non-hydrogen) atoms. The molecule has 0 bridgehead atoms. The molecular formula is C13H25N3. The Labute approximate surface area is 99.8 Å². The van der Waals surface area contributed by atoms with Gasteiger partial charge in [0.25, 0.3) is 0 Å². The maximum atomic E-state index is 9.04. The largest absolute Gasteiger partial charge is 0.303 e. The van der Waals surface area contributed by atoms with E-state index in [0.717, 1.165) is 31.8 Å². The lowest BCUT2D eigenvalue weighted by Gasteiger charge is -2.24. The Morgan fingerprint density at radius 1 is 1.50 bits per heavy atom. The minimum Gasteiger partial charge on any atom is -0.303 e. The maximum Gasteiger partial charge on any atom is 0.103 e. The molecule has 0 aromatic heterocycles. The summed E-state index contributed by atoms with van der Waals surface area (Å²) in [4.78, 5) is 2.52. The predicted molar refractivity (Wildman–Crippen MR) is 67.1 cm³/mol. The van der Waals surface area contributed by atoms with Crippen molar-refractivity contribution in [2.45, 2.75) is 45.1 Å². The molecule has 0 amide bonds. The molecule has 1 atom stereocenters. The van der Waals surface area contributed by atoms with Crippen LogP contribution in [0.2, 0.25) is 0 Å². The molecule has 1 saturated carbocycles. The fourth-order valence-corrected chi connectivity index (χ4v) is 1.94. The molecule has 3 heteroatoms. The van der Waals surface area contributed by atoms with Crippen molar-refractivity contribution < 1.29 is 0 Å². The van der Waals surface area contributed by atoms with Gasteiger partial charge < -0.3 is 10.2 Å². The lowest BCUT2D eigenvalue weighted by molar-refractivity contribution is 0.261. The van der Waals surface area contributed by atoms with Gasteiger partial charge in [0.1, 0.15) is 5.54 Å². The van der Waals surface area contributed by atoms with Gasteiger partial charge >= 0.3 is 0 Å². The number of nitrogens with one attached hydrogen (secondary N) is 1. The van der Waals surface area contributed by atoms with Crippen molar-refractivity contribution in [2.24, 2.45) is 5.92 Å². The van der Waals surface area contributed by atoms with Crippen LogP contribution in [0.15, 0.2) is 0 Å². The molecule has 1 rings (SSSR count). The summed E-state index contributed by atoms with van der Waals surface area (Å²) in [7, 11) is 1.87.